The Labute approximate surface area is 163 Å². The predicted molar refractivity (Wildman–Crippen MR) is 92.2 cm³/mol. The highest BCUT2D eigenvalue weighted by molar-refractivity contribution is 7.89. The van der Waals surface area contributed by atoms with Gasteiger partial charge in [0.1, 0.15) is 11.4 Å². The van der Waals surface area contributed by atoms with Crippen LogP contribution in [-0.4, -0.2) is 47.3 Å². The van der Waals surface area contributed by atoms with Crippen LogP contribution >= 0.6 is 0 Å². The van der Waals surface area contributed by atoms with Gasteiger partial charge in [-0.2, -0.15) is 9.29 Å². The van der Waals surface area contributed by atoms with Crippen LogP contribution in [0.15, 0.2) is 58.1 Å². The van der Waals surface area contributed by atoms with Crippen molar-refractivity contribution in [2.24, 2.45) is 0 Å². The molecule has 1 saturated heterocycles. The first-order valence-corrected chi connectivity index (χ1v) is 9.77. The number of alkyl halides is 3. The lowest BCUT2D eigenvalue weighted by Crippen LogP contribution is -2.48. The van der Waals surface area contributed by atoms with Crippen molar-refractivity contribution in [3.8, 4) is 17.3 Å². The molecule has 0 N–H and O–H groups in total. The molecule has 1 aliphatic rings. The van der Waals surface area contributed by atoms with E-state index in [9.17, 15) is 21.6 Å². The minimum Gasteiger partial charge on any atom is -0.406 e. The van der Waals surface area contributed by atoms with Gasteiger partial charge < -0.3 is 9.26 Å². The molecular weight excluding hydrogens is 413 g/mol. The van der Waals surface area contributed by atoms with Gasteiger partial charge >= 0.3 is 6.36 Å². The number of hydrogen-bond donors (Lipinski definition) is 0. The topological polar surface area (TPSA) is 98.4 Å². The van der Waals surface area contributed by atoms with Crippen molar-refractivity contribution in [1.29, 1.82) is 0 Å². The standard InChI is InChI=1S/C17H13F3N4O4S/c18-17(19,20)27-12-4-6-13(7-5-12)29(25,26)24-9-11(10-24)16-22-15(23-28-16)14-3-1-2-8-21-14/h1-8,11H,9-10H2. The van der Waals surface area contributed by atoms with Gasteiger partial charge in [-0.05, 0) is 36.4 Å². The van der Waals surface area contributed by atoms with E-state index in [-0.39, 0.29) is 23.9 Å². The Bertz CT molecular complexity index is 1100. The Balaban J connectivity index is 1.42. The van der Waals surface area contributed by atoms with Crippen molar-refractivity contribution in [3.05, 3.63) is 54.6 Å². The van der Waals surface area contributed by atoms with Crippen LogP contribution in [0.25, 0.3) is 11.5 Å². The Morgan fingerprint density at radius 1 is 1.10 bits per heavy atom. The maximum Gasteiger partial charge on any atom is 0.573 e. The van der Waals surface area contributed by atoms with E-state index in [1.165, 1.54) is 4.31 Å². The highest BCUT2D eigenvalue weighted by atomic mass is 32.2. The summed E-state index contributed by atoms with van der Waals surface area (Å²) in [7, 11) is -3.85. The zero-order valence-electron chi connectivity index (χ0n) is 14.6. The van der Waals surface area contributed by atoms with Crippen LogP contribution in [-0.2, 0) is 10.0 Å². The molecule has 1 fully saturated rings. The number of hydrogen-bond acceptors (Lipinski definition) is 7. The van der Waals surface area contributed by atoms with E-state index in [1.54, 1.807) is 24.4 Å². The third kappa shape index (κ3) is 4.07. The van der Waals surface area contributed by atoms with Crippen LogP contribution < -0.4 is 4.74 Å². The zero-order chi connectivity index (χ0) is 20.6. The molecule has 4 rings (SSSR count). The summed E-state index contributed by atoms with van der Waals surface area (Å²) in [5.41, 5.74) is 0.535. The van der Waals surface area contributed by atoms with Gasteiger partial charge in [-0.3, -0.25) is 4.98 Å². The van der Waals surface area contributed by atoms with E-state index >= 15 is 0 Å². The summed E-state index contributed by atoms with van der Waals surface area (Å²) in [6.45, 7) is 0.236. The molecule has 29 heavy (non-hydrogen) atoms. The number of halogens is 3. The minimum absolute atomic E-state index is 0.118. The number of pyridine rings is 1. The maximum atomic E-state index is 12.6. The molecule has 0 spiro atoms. The molecule has 0 radical (unpaired) electrons. The van der Waals surface area contributed by atoms with Crippen LogP contribution in [0.3, 0.4) is 0 Å². The normalized spacial score (nSPS) is 15.8. The fourth-order valence-corrected chi connectivity index (χ4v) is 4.28. The van der Waals surface area contributed by atoms with E-state index in [1.807, 2.05) is 0 Å². The lowest BCUT2D eigenvalue weighted by Gasteiger charge is -2.35. The maximum absolute atomic E-state index is 12.6. The summed E-state index contributed by atoms with van der Waals surface area (Å²) in [4.78, 5) is 8.24. The molecule has 0 aliphatic carbocycles. The molecule has 0 bridgehead atoms. The van der Waals surface area contributed by atoms with Gasteiger partial charge in [-0.15, -0.1) is 13.2 Å². The van der Waals surface area contributed by atoms with Gasteiger partial charge in [0.15, 0.2) is 0 Å². The van der Waals surface area contributed by atoms with E-state index in [2.05, 4.69) is 19.9 Å². The molecule has 152 valence electrons. The second kappa shape index (κ2) is 7.12. The smallest absolute Gasteiger partial charge is 0.406 e. The van der Waals surface area contributed by atoms with Crippen LogP contribution in [0, 0.1) is 0 Å². The van der Waals surface area contributed by atoms with Gasteiger partial charge in [0, 0.05) is 19.3 Å². The highest BCUT2D eigenvalue weighted by Gasteiger charge is 2.40. The third-order valence-corrected chi connectivity index (χ3v) is 6.07. The first-order chi connectivity index (χ1) is 13.7. The van der Waals surface area contributed by atoms with E-state index in [0.29, 0.717) is 17.4 Å². The second-order valence-corrected chi connectivity index (χ2v) is 8.15. The van der Waals surface area contributed by atoms with E-state index < -0.39 is 22.1 Å². The fraction of sp³-hybridized carbons (Fsp3) is 0.235. The number of sulfonamides is 1. The summed E-state index contributed by atoms with van der Waals surface area (Å²) >= 11 is 0. The minimum atomic E-state index is -4.84. The van der Waals surface area contributed by atoms with Gasteiger partial charge in [0.25, 0.3) is 0 Å². The third-order valence-electron chi connectivity index (χ3n) is 4.23. The van der Waals surface area contributed by atoms with E-state index in [0.717, 1.165) is 24.3 Å². The summed E-state index contributed by atoms with van der Waals surface area (Å²) in [6, 6.07) is 9.29. The highest BCUT2D eigenvalue weighted by Crippen LogP contribution is 2.33. The lowest BCUT2D eigenvalue weighted by molar-refractivity contribution is -0.274. The molecule has 0 atom stereocenters. The molecule has 0 unspecified atom stereocenters. The summed E-state index contributed by atoms with van der Waals surface area (Å²) in [5, 5.41) is 3.85. The Morgan fingerprint density at radius 3 is 2.45 bits per heavy atom. The summed E-state index contributed by atoms with van der Waals surface area (Å²) < 4.78 is 72.0. The van der Waals surface area contributed by atoms with Crippen LogP contribution in [0.1, 0.15) is 11.8 Å². The molecule has 3 aromatic rings. The molecule has 2 aromatic heterocycles. The number of rotatable bonds is 5. The second-order valence-electron chi connectivity index (χ2n) is 6.21. The van der Waals surface area contributed by atoms with Crippen molar-refractivity contribution in [1.82, 2.24) is 19.4 Å². The summed E-state index contributed by atoms with van der Waals surface area (Å²) in [5.74, 6) is -0.165. The molecular formula is C17H13F3N4O4S. The molecule has 3 heterocycles. The van der Waals surface area contributed by atoms with Gasteiger partial charge in [0.2, 0.25) is 21.7 Å². The summed E-state index contributed by atoms with van der Waals surface area (Å²) in [6.07, 6.45) is -3.25. The molecule has 1 aromatic carbocycles. The first kappa shape index (κ1) is 19.3. The van der Waals surface area contributed by atoms with Crippen molar-refractivity contribution >= 4 is 10.0 Å². The average Bonchev–Trinajstić information content (AvgIpc) is 3.10. The van der Waals surface area contributed by atoms with E-state index in [4.69, 9.17) is 4.52 Å². The Hall–Kier alpha value is -2.99. The van der Waals surface area contributed by atoms with Crippen molar-refractivity contribution < 1.29 is 30.8 Å². The molecule has 12 heteroatoms. The molecule has 0 saturated carbocycles. The largest absolute Gasteiger partial charge is 0.573 e. The molecule has 1 aliphatic heterocycles. The number of aromatic nitrogens is 3. The number of benzene rings is 1. The first-order valence-electron chi connectivity index (χ1n) is 8.33. The monoisotopic (exact) mass is 426 g/mol. The number of ether oxygens (including phenoxy) is 1. The SMILES string of the molecule is O=S(=O)(c1ccc(OC(F)(F)F)cc1)N1CC(c2nc(-c3ccccn3)no2)C1. The van der Waals surface area contributed by atoms with Gasteiger partial charge in [-0.1, -0.05) is 11.2 Å². The fourth-order valence-electron chi connectivity index (χ4n) is 2.75. The van der Waals surface area contributed by atoms with Crippen molar-refractivity contribution in [2.45, 2.75) is 17.2 Å². The lowest BCUT2D eigenvalue weighted by atomic mass is 10.0. The molecule has 0 amide bonds. The van der Waals surface area contributed by atoms with Crippen LogP contribution in [0.5, 0.6) is 5.75 Å². The van der Waals surface area contributed by atoms with Crippen LogP contribution in [0.4, 0.5) is 13.2 Å². The van der Waals surface area contributed by atoms with Gasteiger partial charge in [-0.25, -0.2) is 8.42 Å². The number of nitrogens with zero attached hydrogens (tertiary/aromatic N) is 4. The van der Waals surface area contributed by atoms with Gasteiger partial charge in [0.05, 0.1) is 10.8 Å². The van der Waals surface area contributed by atoms with Crippen molar-refractivity contribution in [2.75, 3.05) is 13.1 Å². The Kier molecular flexibility index (Phi) is 4.74. The predicted octanol–water partition coefficient (Wildman–Crippen LogP) is 2.82. The average molecular weight is 426 g/mol. The quantitative estimate of drug-likeness (QED) is 0.619. The van der Waals surface area contributed by atoms with Crippen molar-refractivity contribution in [3.63, 3.8) is 0 Å². The van der Waals surface area contributed by atoms with Crippen LogP contribution in [0.2, 0.25) is 0 Å². The Morgan fingerprint density at radius 2 is 1.83 bits per heavy atom. The zero-order valence-corrected chi connectivity index (χ0v) is 15.4. The molecule has 8 nitrogen and oxygen atoms in total.